The van der Waals surface area contributed by atoms with Crippen LogP contribution in [0, 0.1) is 16.0 Å². The van der Waals surface area contributed by atoms with E-state index < -0.39 is 30.9 Å². The highest BCUT2D eigenvalue weighted by Crippen LogP contribution is 2.36. The van der Waals surface area contributed by atoms with Crippen LogP contribution in [0.15, 0.2) is 23.1 Å². The number of ether oxygens (including phenoxy) is 1. The molecule has 3 rings (SSSR count). The summed E-state index contributed by atoms with van der Waals surface area (Å²) in [6.07, 6.45) is 1.00. The molecule has 12 heteroatoms. The number of nitro benzene ring substituents is 1. The van der Waals surface area contributed by atoms with Crippen LogP contribution >= 0.6 is 0 Å². The third-order valence-electron chi connectivity index (χ3n) is 5.01. The summed E-state index contributed by atoms with van der Waals surface area (Å²) < 4.78 is 66.6. The molecule has 0 radical (unpaired) electrons. The van der Waals surface area contributed by atoms with Crippen molar-refractivity contribution in [1.29, 1.82) is 0 Å². The van der Waals surface area contributed by atoms with Crippen molar-refractivity contribution in [3.8, 4) is 0 Å². The van der Waals surface area contributed by atoms with Gasteiger partial charge in [0.1, 0.15) is 5.69 Å². The molecule has 28 heavy (non-hydrogen) atoms. The zero-order valence-electron chi connectivity index (χ0n) is 14.9. The number of nitro groups is 1. The number of benzene rings is 1. The van der Waals surface area contributed by atoms with Gasteiger partial charge in [-0.2, -0.15) is 13.2 Å². The number of piperazine rings is 1. The fourth-order valence-electron chi connectivity index (χ4n) is 3.48. The van der Waals surface area contributed by atoms with E-state index in [2.05, 4.69) is 4.90 Å². The average Bonchev–Trinajstić information content (AvgIpc) is 3.14. The molecular formula is C16H20F3N3O5S. The molecule has 2 heterocycles. The summed E-state index contributed by atoms with van der Waals surface area (Å²) in [5, 5.41) is 11.4. The predicted octanol–water partition coefficient (Wildman–Crippen LogP) is 2.05. The minimum atomic E-state index is -5.65. The van der Waals surface area contributed by atoms with Gasteiger partial charge in [-0.05, 0) is 24.5 Å². The highest BCUT2D eigenvalue weighted by Gasteiger charge is 2.47. The Morgan fingerprint density at radius 3 is 2.43 bits per heavy atom. The van der Waals surface area contributed by atoms with Crippen molar-refractivity contribution < 1.29 is 31.2 Å². The van der Waals surface area contributed by atoms with E-state index in [1.807, 2.05) is 0 Å². The van der Waals surface area contributed by atoms with Crippen molar-refractivity contribution in [1.82, 2.24) is 4.90 Å². The number of rotatable bonds is 5. The van der Waals surface area contributed by atoms with E-state index >= 15 is 0 Å². The number of anilines is 1. The highest BCUT2D eigenvalue weighted by atomic mass is 32.2. The largest absolute Gasteiger partial charge is 0.501 e. The number of hydrogen-bond acceptors (Lipinski definition) is 7. The van der Waals surface area contributed by atoms with Gasteiger partial charge < -0.3 is 9.64 Å². The predicted molar refractivity (Wildman–Crippen MR) is 93.9 cm³/mol. The van der Waals surface area contributed by atoms with Crippen LogP contribution in [0.5, 0.6) is 0 Å². The Bertz CT molecular complexity index is 832. The summed E-state index contributed by atoms with van der Waals surface area (Å²) >= 11 is 0. The fraction of sp³-hybridized carbons (Fsp3) is 0.625. The van der Waals surface area contributed by atoms with E-state index in [0.29, 0.717) is 38.2 Å². The quantitative estimate of drug-likeness (QED) is 0.529. The second kappa shape index (κ2) is 7.84. The molecule has 0 N–H and O–H groups in total. The first-order valence-corrected chi connectivity index (χ1v) is 10.2. The number of nitrogens with zero attached hydrogens (tertiary/aromatic N) is 3. The second-order valence-corrected chi connectivity index (χ2v) is 8.82. The lowest BCUT2D eigenvalue weighted by molar-refractivity contribution is -0.384. The van der Waals surface area contributed by atoms with Crippen molar-refractivity contribution in [2.75, 3.05) is 50.8 Å². The van der Waals surface area contributed by atoms with Gasteiger partial charge in [0.05, 0.1) is 16.4 Å². The summed E-state index contributed by atoms with van der Waals surface area (Å²) in [6.45, 7) is 4.57. The highest BCUT2D eigenvalue weighted by molar-refractivity contribution is 7.92. The van der Waals surface area contributed by atoms with Crippen LogP contribution < -0.4 is 4.90 Å². The fourth-order valence-corrected chi connectivity index (χ4v) is 4.26. The standard InChI is InChI=1S/C16H20F3N3O5S/c17-16(18,19)28(25,26)13-1-2-14(15(9-13)22(23)24)21-6-4-20(5-7-21)10-12-3-8-27-11-12/h1-2,9,12H,3-8,10-11H2. The molecule has 2 aliphatic rings. The topological polar surface area (TPSA) is 93.0 Å². The van der Waals surface area contributed by atoms with Gasteiger partial charge in [-0.25, -0.2) is 8.42 Å². The number of sulfone groups is 1. The summed E-state index contributed by atoms with van der Waals surface area (Å²) in [5.74, 6) is 0.466. The van der Waals surface area contributed by atoms with E-state index in [0.717, 1.165) is 38.3 Å². The van der Waals surface area contributed by atoms with Crippen LogP contribution in [0.25, 0.3) is 0 Å². The number of alkyl halides is 3. The molecule has 1 aromatic carbocycles. The summed E-state index contributed by atoms with van der Waals surface area (Å²) in [6, 6.07) is 2.34. The van der Waals surface area contributed by atoms with E-state index in [4.69, 9.17) is 4.74 Å². The molecule has 0 bridgehead atoms. The Morgan fingerprint density at radius 2 is 1.89 bits per heavy atom. The number of halogens is 3. The van der Waals surface area contributed by atoms with Gasteiger partial charge in [0.2, 0.25) is 0 Å². The number of hydrogen-bond donors (Lipinski definition) is 0. The third-order valence-corrected chi connectivity index (χ3v) is 6.50. The molecule has 156 valence electrons. The van der Waals surface area contributed by atoms with E-state index in [-0.39, 0.29) is 5.69 Å². The molecule has 0 aliphatic carbocycles. The van der Waals surface area contributed by atoms with Crippen molar-refractivity contribution in [3.63, 3.8) is 0 Å². The zero-order valence-corrected chi connectivity index (χ0v) is 15.7. The lowest BCUT2D eigenvalue weighted by atomic mass is 10.1. The summed E-state index contributed by atoms with van der Waals surface area (Å²) in [4.78, 5) is 13.3. The first-order valence-electron chi connectivity index (χ1n) is 8.74. The van der Waals surface area contributed by atoms with Crippen molar-refractivity contribution in [2.45, 2.75) is 16.8 Å². The third kappa shape index (κ3) is 4.23. The molecule has 8 nitrogen and oxygen atoms in total. The lowest BCUT2D eigenvalue weighted by Crippen LogP contribution is -2.48. The molecule has 0 aromatic heterocycles. The molecular weight excluding hydrogens is 403 g/mol. The van der Waals surface area contributed by atoms with E-state index in [1.54, 1.807) is 4.90 Å². The molecule has 1 aromatic rings. The minimum Gasteiger partial charge on any atom is -0.381 e. The monoisotopic (exact) mass is 423 g/mol. The van der Waals surface area contributed by atoms with Gasteiger partial charge in [-0.1, -0.05) is 0 Å². The van der Waals surface area contributed by atoms with Crippen molar-refractivity contribution in [3.05, 3.63) is 28.3 Å². The van der Waals surface area contributed by atoms with Gasteiger partial charge in [0, 0.05) is 45.4 Å². The maximum Gasteiger partial charge on any atom is 0.501 e. The molecule has 0 spiro atoms. The van der Waals surface area contributed by atoms with Gasteiger partial charge >= 0.3 is 5.51 Å². The molecule has 2 fully saturated rings. The summed E-state index contributed by atoms with van der Waals surface area (Å²) in [7, 11) is -5.65. The van der Waals surface area contributed by atoms with Gasteiger partial charge in [0.25, 0.3) is 15.5 Å². The molecule has 1 unspecified atom stereocenters. The molecule has 0 saturated carbocycles. The zero-order chi connectivity index (χ0) is 20.5. The van der Waals surface area contributed by atoms with Gasteiger partial charge in [0.15, 0.2) is 0 Å². The second-order valence-electron chi connectivity index (χ2n) is 6.87. The summed E-state index contributed by atoms with van der Waals surface area (Å²) in [5.41, 5.74) is -6.05. The first-order chi connectivity index (χ1) is 13.1. The van der Waals surface area contributed by atoms with Crippen LogP contribution in [-0.4, -0.2) is 69.7 Å². The van der Waals surface area contributed by atoms with E-state index in [1.165, 1.54) is 0 Å². The maximum atomic E-state index is 12.7. The molecule has 1 atom stereocenters. The Kier molecular flexibility index (Phi) is 5.82. The average molecular weight is 423 g/mol. The van der Waals surface area contributed by atoms with Crippen LogP contribution in [0.4, 0.5) is 24.5 Å². The lowest BCUT2D eigenvalue weighted by Gasteiger charge is -2.36. The minimum absolute atomic E-state index is 0.120. The van der Waals surface area contributed by atoms with E-state index in [9.17, 15) is 31.7 Å². The van der Waals surface area contributed by atoms with Gasteiger partial charge in [-0.15, -0.1) is 0 Å². The maximum absolute atomic E-state index is 12.7. The smallest absolute Gasteiger partial charge is 0.381 e. The molecule has 0 amide bonds. The Labute approximate surface area is 159 Å². The molecule has 2 aliphatic heterocycles. The normalized spacial score (nSPS) is 21.8. The van der Waals surface area contributed by atoms with Crippen molar-refractivity contribution >= 4 is 21.2 Å². The van der Waals surface area contributed by atoms with Gasteiger partial charge in [-0.3, -0.25) is 15.0 Å². The Balaban J connectivity index is 1.76. The Hall–Kier alpha value is -1.92. The van der Waals surface area contributed by atoms with Crippen LogP contribution in [-0.2, 0) is 14.6 Å². The van der Waals surface area contributed by atoms with Crippen LogP contribution in [0.3, 0.4) is 0 Å². The Morgan fingerprint density at radius 1 is 1.21 bits per heavy atom. The molecule has 2 saturated heterocycles. The van der Waals surface area contributed by atoms with Crippen LogP contribution in [0.2, 0.25) is 0 Å². The SMILES string of the molecule is O=[N+]([O-])c1cc(S(=O)(=O)C(F)(F)F)ccc1N1CCN(CC2CCOC2)CC1. The first kappa shape index (κ1) is 20.8. The van der Waals surface area contributed by atoms with Crippen LogP contribution in [0.1, 0.15) is 6.42 Å². The van der Waals surface area contributed by atoms with Crippen molar-refractivity contribution in [2.24, 2.45) is 5.92 Å².